The van der Waals surface area contributed by atoms with Gasteiger partial charge in [0.15, 0.2) is 11.6 Å². The van der Waals surface area contributed by atoms with E-state index in [0.717, 1.165) is 21.3 Å². The van der Waals surface area contributed by atoms with Crippen molar-refractivity contribution >= 4 is 39.2 Å². The predicted molar refractivity (Wildman–Crippen MR) is 190 cm³/mol. The number of nitrogens with one attached hydrogen (secondary N) is 2. The number of anilines is 2. The Balaban J connectivity index is 1.71. The van der Waals surface area contributed by atoms with Crippen LogP contribution in [0.4, 0.5) is 33.7 Å². The molecule has 3 aromatic carbocycles. The number of alkyl halides is 3. The van der Waals surface area contributed by atoms with Crippen LogP contribution in [0.5, 0.6) is 0 Å². The van der Waals surface area contributed by atoms with Crippen LogP contribution < -0.4 is 14.9 Å². The van der Waals surface area contributed by atoms with Gasteiger partial charge < -0.3 is 15.4 Å². The van der Waals surface area contributed by atoms with Gasteiger partial charge in [0.25, 0.3) is 5.91 Å². The van der Waals surface area contributed by atoms with Crippen molar-refractivity contribution in [3.05, 3.63) is 94.8 Å². The molecule has 1 aliphatic heterocycles. The minimum atomic E-state index is -4.65. The normalized spacial score (nSPS) is 15.2. The van der Waals surface area contributed by atoms with Gasteiger partial charge in [0.05, 0.1) is 35.2 Å². The number of carbonyl (C=O) groups is 3. The number of hydrogen-bond acceptors (Lipinski definition) is 7. The van der Waals surface area contributed by atoms with Gasteiger partial charge in [0.2, 0.25) is 10.0 Å². The zero-order valence-corrected chi connectivity index (χ0v) is 30.5. The SMILES string of the molecule is CC(C)Nc1cc(C(=O)N[C@@H](Cc2ccccc2)C(=O)CN(Cc2cccc(C(F)(F)F)c2)C(=O)OC(C)(C)C)c(F)c(N2CCCCS2(=O)=O)c1. The summed E-state index contributed by atoms with van der Waals surface area (Å²) in [4.78, 5) is 42.3. The third-order valence-electron chi connectivity index (χ3n) is 7.97. The fourth-order valence-electron chi connectivity index (χ4n) is 5.64. The van der Waals surface area contributed by atoms with Crippen LogP contribution in [0.25, 0.3) is 0 Å². The molecule has 1 heterocycles. The molecule has 0 bridgehead atoms. The molecule has 2 N–H and O–H groups in total. The average Bonchev–Trinajstić information content (AvgIpc) is 3.04. The van der Waals surface area contributed by atoms with E-state index in [-0.39, 0.29) is 41.7 Å². The minimum absolute atomic E-state index is 0.0208. The van der Waals surface area contributed by atoms with Crippen molar-refractivity contribution in [3.8, 4) is 0 Å². The molecule has 1 fully saturated rings. The van der Waals surface area contributed by atoms with Crippen LogP contribution in [0.3, 0.4) is 0 Å². The second-order valence-electron chi connectivity index (χ2n) is 14.0. The Bertz CT molecular complexity index is 1860. The number of carbonyl (C=O) groups excluding carboxylic acids is 3. The lowest BCUT2D eigenvalue weighted by molar-refractivity contribution is -0.137. The summed E-state index contributed by atoms with van der Waals surface area (Å²) in [6.07, 6.45) is -4.81. The third-order valence-corrected chi connectivity index (χ3v) is 9.83. The molecular formula is C37H44F4N4O6S. The number of hydrogen-bond donors (Lipinski definition) is 2. The Hall–Kier alpha value is -4.66. The zero-order valence-electron chi connectivity index (χ0n) is 29.7. The summed E-state index contributed by atoms with van der Waals surface area (Å²) in [5, 5.41) is 5.67. The monoisotopic (exact) mass is 748 g/mol. The lowest BCUT2D eigenvalue weighted by Crippen LogP contribution is -2.48. The maximum atomic E-state index is 16.2. The molecule has 0 radical (unpaired) electrons. The first-order chi connectivity index (χ1) is 24.2. The first-order valence-electron chi connectivity index (χ1n) is 16.9. The third kappa shape index (κ3) is 10.9. The quantitative estimate of drug-likeness (QED) is 0.192. The maximum absolute atomic E-state index is 16.2. The fourth-order valence-corrected chi connectivity index (χ4v) is 7.27. The Kier molecular flexibility index (Phi) is 12.6. The van der Waals surface area contributed by atoms with Gasteiger partial charge in [-0.05, 0) is 89.3 Å². The zero-order chi connectivity index (χ0) is 38.4. The van der Waals surface area contributed by atoms with E-state index in [4.69, 9.17) is 4.74 Å². The van der Waals surface area contributed by atoms with Crippen molar-refractivity contribution < 1.29 is 45.1 Å². The molecule has 52 heavy (non-hydrogen) atoms. The molecular weight excluding hydrogens is 704 g/mol. The van der Waals surface area contributed by atoms with Gasteiger partial charge in [-0.25, -0.2) is 17.6 Å². The van der Waals surface area contributed by atoms with Crippen molar-refractivity contribution in [2.75, 3.05) is 28.5 Å². The summed E-state index contributed by atoms with van der Waals surface area (Å²) in [6, 6.07) is 13.9. The lowest BCUT2D eigenvalue weighted by Gasteiger charge is -2.30. The van der Waals surface area contributed by atoms with Gasteiger partial charge in [-0.15, -0.1) is 0 Å². The standard InChI is InChI=1S/C37H44F4N4O6S/c1-24(2)42-28-20-29(33(38)31(21-28)45-16-9-10-17-52(45,49)50)34(47)43-30(19-25-12-7-6-8-13-25)32(46)23-44(35(48)51-36(3,4)5)22-26-14-11-15-27(18-26)37(39,40)41/h6-8,11-15,18,20-21,24,30,42H,9-10,16-17,19,22-23H2,1-5H3,(H,43,47)/t30-/m0/s1. The second-order valence-corrected chi connectivity index (χ2v) is 16.0. The van der Waals surface area contributed by atoms with Gasteiger partial charge in [-0.3, -0.25) is 18.8 Å². The Morgan fingerprint density at radius 2 is 1.62 bits per heavy atom. The van der Waals surface area contributed by atoms with Gasteiger partial charge in [-0.2, -0.15) is 13.2 Å². The van der Waals surface area contributed by atoms with E-state index in [0.29, 0.717) is 18.4 Å². The Morgan fingerprint density at radius 3 is 2.23 bits per heavy atom. The molecule has 4 rings (SSSR count). The van der Waals surface area contributed by atoms with Crippen LogP contribution in [0.1, 0.15) is 74.5 Å². The van der Waals surface area contributed by atoms with Crippen LogP contribution in [0.2, 0.25) is 0 Å². The topological polar surface area (TPSA) is 125 Å². The first-order valence-corrected chi connectivity index (χ1v) is 18.5. The molecule has 0 aliphatic carbocycles. The lowest BCUT2D eigenvalue weighted by atomic mass is 10.0. The molecule has 1 saturated heterocycles. The number of Topliss-reactive ketones (excluding diaryl/α,β-unsaturated/α-hetero) is 1. The first kappa shape index (κ1) is 40.1. The second kappa shape index (κ2) is 16.3. The summed E-state index contributed by atoms with van der Waals surface area (Å²) in [5.74, 6) is -3.01. The summed E-state index contributed by atoms with van der Waals surface area (Å²) in [6.45, 7) is 7.30. The molecule has 1 atom stereocenters. The maximum Gasteiger partial charge on any atom is 0.416 e. The fraction of sp³-hybridized carbons (Fsp3) is 0.432. The highest BCUT2D eigenvalue weighted by Gasteiger charge is 2.34. The molecule has 0 saturated carbocycles. The van der Waals surface area contributed by atoms with Crippen molar-refractivity contribution in [1.82, 2.24) is 10.2 Å². The number of ether oxygens (including phenoxy) is 1. The summed E-state index contributed by atoms with van der Waals surface area (Å²) in [5.41, 5.74) is -1.81. The van der Waals surface area contributed by atoms with Crippen molar-refractivity contribution in [1.29, 1.82) is 0 Å². The summed E-state index contributed by atoms with van der Waals surface area (Å²) in [7, 11) is -3.87. The highest BCUT2D eigenvalue weighted by atomic mass is 32.2. The molecule has 0 aromatic heterocycles. The van der Waals surface area contributed by atoms with Crippen LogP contribution in [0.15, 0.2) is 66.7 Å². The molecule has 1 aliphatic rings. The van der Waals surface area contributed by atoms with E-state index in [9.17, 15) is 36.0 Å². The van der Waals surface area contributed by atoms with Crippen molar-refractivity contribution in [2.24, 2.45) is 0 Å². The molecule has 15 heteroatoms. The van der Waals surface area contributed by atoms with Crippen molar-refractivity contribution in [2.45, 2.75) is 84.3 Å². The van der Waals surface area contributed by atoms with Gasteiger partial charge in [-0.1, -0.05) is 42.5 Å². The van der Waals surface area contributed by atoms with Gasteiger partial charge >= 0.3 is 12.3 Å². The minimum Gasteiger partial charge on any atom is -0.444 e. The molecule has 10 nitrogen and oxygen atoms in total. The van der Waals surface area contributed by atoms with Crippen LogP contribution in [0, 0.1) is 5.82 Å². The molecule has 3 aromatic rings. The van der Waals surface area contributed by atoms with Crippen LogP contribution in [-0.2, 0) is 38.7 Å². The number of amides is 2. The highest BCUT2D eigenvalue weighted by molar-refractivity contribution is 7.92. The Labute approximate surface area is 301 Å². The smallest absolute Gasteiger partial charge is 0.416 e. The number of nitrogens with zero attached hydrogens (tertiary/aromatic N) is 2. The van der Waals surface area contributed by atoms with Crippen molar-refractivity contribution in [3.63, 3.8) is 0 Å². The predicted octanol–water partition coefficient (Wildman–Crippen LogP) is 6.94. The average molecular weight is 749 g/mol. The van der Waals surface area contributed by atoms with Crippen LogP contribution >= 0.6 is 0 Å². The van der Waals surface area contributed by atoms with E-state index in [1.54, 1.807) is 51.1 Å². The van der Waals surface area contributed by atoms with E-state index < -0.39 is 75.7 Å². The number of ketones is 1. The van der Waals surface area contributed by atoms with E-state index >= 15 is 4.39 Å². The van der Waals surface area contributed by atoms with Gasteiger partial charge in [0, 0.05) is 24.8 Å². The summed E-state index contributed by atoms with van der Waals surface area (Å²) >= 11 is 0. The van der Waals surface area contributed by atoms with E-state index in [1.165, 1.54) is 24.3 Å². The highest BCUT2D eigenvalue weighted by Crippen LogP contribution is 2.33. The number of benzene rings is 3. The molecule has 0 unspecified atom stereocenters. The number of sulfonamides is 1. The number of halogens is 4. The molecule has 0 spiro atoms. The largest absolute Gasteiger partial charge is 0.444 e. The summed E-state index contributed by atoms with van der Waals surface area (Å²) < 4.78 is 89.1. The molecule has 282 valence electrons. The van der Waals surface area contributed by atoms with E-state index in [1.807, 2.05) is 13.8 Å². The molecule has 2 amide bonds. The van der Waals surface area contributed by atoms with Crippen LogP contribution in [-0.4, -0.2) is 67.6 Å². The van der Waals surface area contributed by atoms with Gasteiger partial charge in [0.1, 0.15) is 5.60 Å². The Morgan fingerprint density at radius 1 is 0.942 bits per heavy atom. The van der Waals surface area contributed by atoms with E-state index in [2.05, 4.69) is 10.6 Å². The number of rotatable bonds is 12.